The SMILES string of the molecule is OC1C[C@@H]2CN(Cc3ccccc3OCCCN3CCCCC3)C[C@@H]2C1. The molecule has 0 aromatic heterocycles. The molecule has 26 heavy (non-hydrogen) atoms. The molecule has 4 heteroatoms. The van der Waals surface area contributed by atoms with Crippen LogP contribution < -0.4 is 4.74 Å². The molecule has 3 fully saturated rings. The van der Waals surface area contributed by atoms with E-state index in [9.17, 15) is 5.11 Å². The minimum atomic E-state index is -0.0531. The molecule has 1 saturated carbocycles. The Morgan fingerprint density at radius 3 is 2.46 bits per heavy atom. The molecule has 0 radical (unpaired) electrons. The third-order valence-corrected chi connectivity index (χ3v) is 6.49. The Balaban J connectivity index is 1.24. The van der Waals surface area contributed by atoms with Crippen LogP contribution >= 0.6 is 0 Å². The lowest BCUT2D eigenvalue weighted by molar-refractivity contribution is 0.160. The molecule has 1 N–H and O–H groups in total. The van der Waals surface area contributed by atoms with Crippen LogP contribution in [0.25, 0.3) is 0 Å². The van der Waals surface area contributed by atoms with Crippen molar-refractivity contribution >= 4 is 0 Å². The maximum atomic E-state index is 9.83. The van der Waals surface area contributed by atoms with Gasteiger partial charge >= 0.3 is 0 Å². The molecule has 4 rings (SSSR count). The van der Waals surface area contributed by atoms with Gasteiger partial charge in [0.2, 0.25) is 0 Å². The van der Waals surface area contributed by atoms with Crippen LogP contribution in [0.3, 0.4) is 0 Å². The van der Waals surface area contributed by atoms with Crippen molar-refractivity contribution in [2.45, 2.75) is 51.2 Å². The first-order chi connectivity index (χ1) is 12.8. The molecule has 144 valence electrons. The molecule has 2 aliphatic heterocycles. The quantitative estimate of drug-likeness (QED) is 0.760. The van der Waals surface area contributed by atoms with E-state index < -0.39 is 0 Å². The lowest BCUT2D eigenvalue weighted by atomic mass is 10.0. The maximum absolute atomic E-state index is 9.83. The fourth-order valence-electron chi connectivity index (χ4n) is 5.16. The van der Waals surface area contributed by atoms with Crippen LogP contribution in [0, 0.1) is 11.8 Å². The molecule has 1 unspecified atom stereocenters. The van der Waals surface area contributed by atoms with Gasteiger partial charge in [-0.15, -0.1) is 0 Å². The van der Waals surface area contributed by atoms with Gasteiger partial charge in [-0.05, 0) is 63.1 Å². The zero-order valence-corrected chi connectivity index (χ0v) is 16.0. The zero-order valence-electron chi connectivity index (χ0n) is 16.0. The van der Waals surface area contributed by atoms with Crippen molar-refractivity contribution in [3.63, 3.8) is 0 Å². The normalized spacial score (nSPS) is 29.8. The summed E-state index contributed by atoms with van der Waals surface area (Å²) in [7, 11) is 0. The van der Waals surface area contributed by atoms with Crippen molar-refractivity contribution < 1.29 is 9.84 Å². The van der Waals surface area contributed by atoms with Crippen LogP contribution in [0.15, 0.2) is 24.3 Å². The van der Waals surface area contributed by atoms with Crippen molar-refractivity contribution in [1.29, 1.82) is 0 Å². The summed E-state index contributed by atoms with van der Waals surface area (Å²) < 4.78 is 6.16. The monoisotopic (exact) mass is 358 g/mol. The molecule has 2 saturated heterocycles. The van der Waals surface area contributed by atoms with Gasteiger partial charge in [-0.2, -0.15) is 0 Å². The van der Waals surface area contributed by atoms with Gasteiger partial charge in [-0.25, -0.2) is 0 Å². The predicted octanol–water partition coefficient (Wildman–Crippen LogP) is 3.14. The third-order valence-electron chi connectivity index (χ3n) is 6.49. The molecule has 0 bridgehead atoms. The number of piperidine rings is 1. The van der Waals surface area contributed by atoms with Gasteiger partial charge in [0, 0.05) is 31.7 Å². The molecule has 3 atom stereocenters. The van der Waals surface area contributed by atoms with E-state index in [1.807, 2.05) is 0 Å². The van der Waals surface area contributed by atoms with Crippen LogP contribution in [0.2, 0.25) is 0 Å². The number of hydrogen-bond donors (Lipinski definition) is 1. The van der Waals surface area contributed by atoms with Crippen molar-refractivity contribution in [3.05, 3.63) is 29.8 Å². The summed E-state index contributed by atoms with van der Waals surface area (Å²) in [6.45, 7) is 7.75. The van der Waals surface area contributed by atoms with Crippen molar-refractivity contribution in [3.8, 4) is 5.75 Å². The van der Waals surface area contributed by atoms with Crippen LogP contribution in [0.1, 0.15) is 44.1 Å². The Morgan fingerprint density at radius 1 is 0.962 bits per heavy atom. The Morgan fingerprint density at radius 2 is 1.69 bits per heavy atom. The van der Waals surface area contributed by atoms with Gasteiger partial charge in [-0.3, -0.25) is 4.90 Å². The first-order valence-electron chi connectivity index (χ1n) is 10.6. The van der Waals surface area contributed by atoms with Crippen LogP contribution in [-0.4, -0.2) is 60.3 Å². The van der Waals surface area contributed by atoms with E-state index >= 15 is 0 Å². The lowest BCUT2D eigenvalue weighted by Crippen LogP contribution is -2.31. The standard InChI is InChI=1S/C22H34N2O2/c25-21-13-19-16-24(17-20(19)14-21)15-18-7-2-3-8-22(18)26-12-6-11-23-9-4-1-5-10-23/h2-3,7-8,19-21,25H,1,4-6,9-17H2/t19-,20+,21?. The summed E-state index contributed by atoms with van der Waals surface area (Å²) in [5.41, 5.74) is 1.31. The fraction of sp³-hybridized carbons (Fsp3) is 0.727. The summed E-state index contributed by atoms with van der Waals surface area (Å²) in [5, 5.41) is 9.83. The van der Waals surface area contributed by atoms with Crippen molar-refractivity contribution in [2.24, 2.45) is 11.8 Å². The van der Waals surface area contributed by atoms with Crippen molar-refractivity contribution in [2.75, 3.05) is 39.3 Å². The van der Waals surface area contributed by atoms with Gasteiger partial charge in [0.05, 0.1) is 12.7 Å². The lowest BCUT2D eigenvalue weighted by Gasteiger charge is -2.26. The number of nitrogens with zero attached hydrogens (tertiary/aromatic N) is 2. The summed E-state index contributed by atoms with van der Waals surface area (Å²) in [4.78, 5) is 5.13. The molecular weight excluding hydrogens is 324 g/mol. The summed E-state index contributed by atoms with van der Waals surface area (Å²) in [5.74, 6) is 2.45. The van der Waals surface area contributed by atoms with Crippen LogP contribution in [-0.2, 0) is 6.54 Å². The molecule has 0 spiro atoms. The number of aliphatic hydroxyl groups excluding tert-OH is 1. The Bertz CT molecular complexity index is 559. The molecule has 1 aromatic carbocycles. The van der Waals surface area contributed by atoms with Gasteiger partial charge in [0.25, 0.3) is 0 Å². The first kappa shape index (κ1) is 18.3. The van der Waals surface area contributed by atoms with E-state index in [2.05, 4.69) is 34.1 Å². The Hall–Kier alpha value is -1.10. The highest BCUT2D eigenvalue weighted by molar-refractivity contribution is 5.33. The second kappa shape index (κ2) is 8.73. The van der Waals surface area contributed by atoms with Gasteiger partial charge in [0.1, 0.15) is 5.75 Å². The highest BCUT2D eigenvalue weighted by atomic mass is 16.5. The van der Waals surface area contributed by atoms with E-state index in [0.717, 1.165) is 51.3 Å². The van der Waals surface area contributed by atoms with Gasteiger partial charge < -0.3 is 14.7 Å². The number of likely N-dealkylation sites (tertiary alicyclic amines) is 2. The molecular formula is C22H34N2O2. The van der Waals surface area contributed by atoms with E-state index in [1.54, 1.807) is 0 Å². The molecule has 2 heterocycles. The average Bonchev–Trinajstić information content (AvgIpc) is 3.17. The van der Waals surface area contributed by atoms with E-state index in [4.69, 9.17) is 4.74 Å². The summed E-state index contributed by atoms with van der Waals surface area (Å²) in [6.07, 6.45) is 7.17. The molecule has 3 aliphatic rings. The fourth-order valence-corrected chi connectivity index (χ4v) is 5.16. The minimum Gasteiger partial charge on any atom is -0.493 e. The summed E-state index contributed by atoms with van der Waals surface area (Å²) in [6, 6.07) is 8.54. The van der Waals surface area contributed by atoms with E-state index in [1.165, 1.54) is 44.5 Å². The number of rotatable bonds is 7. The number of benzene rings is 1. The number of fused-ring (bicyclic) bond motifs is 1. The molecule has 1 aromatic rings. The predicted molar refractivity (Wildman–Crippen MR) is 104 cm³/mol. The highest BCUT2D eigenvalue weighted by Crippen LogP contribution is 2.38. The van der Waals surface area contributed by atoms with Crippen LogP contribution in [0.5, 0.6) is 5.75 Å². The number of ether oxygens (including phenoxy) is 1. The largest absolute Gasteiger partial charge is 0.493 e. The Kier molecular flexibility index (Phi) is 6.13. The van der Waals surface area contributed by atoms with E-state index in [-0.39, 0.29) is 6.10 Å². The van der Waals surface area contributed by atoms with Crippen molar-refractivity contribution in [1.82, 2.24) is 9.80 Å². The molecule has 4 nitrogen and oxygen atoms in total. The second-order valence-corrected chi connectivity index (χ2v) is 8.55. The minimum absolute atomic E-state index is 0.0531. The number of aliphatic hydroxyl groups is 1. The number of para-hydroxylation sites is 1. The smallest absolute Gasteiger partial charge is 0.123 e. The second-order valence-electron chi connectivity index (χ2n) is 8.55. The third kappa shape index (κ3) is 4.59. The maximum Gasteiger partial charge on any atom is 0.123 e. The average molecular weight is 359 g/mol. The van der Waals surface area contributed by atoms with Gasteiger partial charge in [-0.1, -0.05) is 24.6 Å². The molecule has 0 amide bonds. The van der Waals surface area contributed by atoms with Crippen LogP contribution in [0.4, 0.5) is 0 Å². The zero-order chi connectivity index (χ0) is 17.8. The van der Waals surface area contributed by atoms with E-state index in [0.29, 0.717) is 11.8 Å². The topological polar surface area (TPSA) is 35.9 Å². The Labute approximate surface area is 158 Å². The number of hydrogen-bond acceptors (Lipinski definition) is 4. The highest BCUT2D eigenvalue weighted by Gasteiger charge is 2.40. The van der Waals surface area contributed by atoms with Gasteiger partial charge in [0.15, 0.2) is 0 Å². The first-order valence-corrected chi connectivity index (χ1v) is 10.6. The summed E-state index contributed by atoms with van der Waals surface area (Å²) >= 11 is 0. The molecule has 1 aliphatic carbocycles.